The molecule has 3 saturated heterocycles. The van der Waals surface area contributed by atoms with Crippen molar-refractivity contribution in [3.8, 4) is 11.3 Å². The van der Waals surface area contributed by atoms with Gasteiger partial charge in [-0.3, -0.25) is 24.7 Å². The fourth-order valence-electron chi connectivity index (χ4n) is 8.10. The van der Waals surface area contributed by atoms with E-state index < -0.39 is 17.8 Å². The molecule has 0 bridgehead atoms. The van der Waals surface area contributed by atoms with Crippen molar-refractivity contribution in [2.75, 3.05) is 72.4 Å². The molecule has 324 valence electrons. The van der Waals surface area contributed by atoms with Gasteiger partial charge in [-0.1, -0.05) is 25.9 Å². The molecule has 0 aliphatic carbocycles. The number of amides is 4. The number of aromatic nitrogens is 4. The number of imide groups is 1. The van der Waals surface area contributed by atoms with Gasteiger partial charge < -0.3 is 25.0 Å². The molecule has 3 N–H and O–H groups in total. The molecule has 5 heterocycles. The van der Waals surface area contributed by atoms with Crippen LogP contribution in [0.25, 0.3) is 11.3 Å². The summed E-state index contributed by atoms with van der Waals surface area (Å²) in [7, 11) is 0. The summed E-state index contributed by atoms with van der Waals surface area (Å²) in [5.41, 5.74) is 4.72. The Morgan fingerprint density at radius 3 is 2.31 bits per heavy atom. The number of hydrogen-bond acceptors (Lipinski definition) is 12. The smallest absolute Gasteiger partial charge is 0.328 e. The summed E-state index contributed by atoms with van der Waals surface area (Å²) in [6, 6.07) is 17.4. The topological polar surface area (TPSA) is 165 Å². The van der Waals surface area contributed by atoms with Gasteiger partial charge in [0.15, 0.2) is 5.82 Å². The number of nitrogens with one attached hydrogen (secondary N) is 3. The zero-order valence-corrected chi connectivity index (χ0v) is 35.4. The normalized spacial score (nSPS) is 16.7. The highest BCUT2D eigenvalue weighted by Crippen LogP contribution is 2.31. The Hall–Kier alpha value is -6.49. The van der Waals surface area contributed by atoms with Gasteiger partial charge in [0.25, 0.3) is 0 Å². The molecule has 0 saturated carbocycles. The van der Waals surface area contributed by atoms with Crippen molar-refractivity contribution in [1.82, 2.24) is 35.6 Å². The number of urea groups is 1. The molecule has 0 radical (unpaired) electrons. The number of aryl methyl sites for hydroxylation is 1. The fourth-order valence-corrected chi connectivity index (χ4v) is 8.10. The second-order valence-electron chi connectivity index (χ2n) is 17.2. The summed E-state index contributed by atoms with van der Waals surface area (Å²) in [6.07, 6.45) is 3.55. The van der Waals surface area contributed by atoms with Crippen LogP contribution in [-0.2, 0) is 16.8 Å². The molecular formula is C45H51F2N11O4. The Bertz CT molecular complexity index is 2440. The van der Waals surface area contributed by atoms with Crippen molar-refractivity contribution in [2.24, 2.45) is 5.92 Å². The molecule has 5 aromatic rings. The van der Waals surface area contributed by atoms with Crippen LogP contribution in [0.1, 0.15) is 67.7 Å². The number of rotatable bonds is 11. The van der Waals surface area contributed by atoms with Crippen molar-refractivity contribution in [3.05, 3.63) is 101 Å². The van der Waals surface area contributed by atoms with Gasteiger partial charge in [0.1, 0.15) is 23.8 Å². The number of nitrogens with zero attached hydrogens (tertiary/aromatic N) is 8. The molecule has 62 heavy (non-hydrogen) atoms. The van der Waals surface area contributed by atoms with E-state index in [0.29, 0.717) is 45.8 Å². The molecule has 3 fully saturated rings. The first kappa shape index (κ1) is 42.2. The van der Waals surface area contributed by atoms with E-state index in [4.69, 9.17) is 4.52 Å². The number of halogens is 2. The first-order chi connectivity index (χ1) is 29.8. The van der Waals surface area contributed by atoms with E-state index in [1.165, 1.54) is 23.4 Å². The van der Waals surface area contributed by atoms with Crippen molar-refractivity contribution < 1.29 is 27.7 Å². The Morgan fingerprint density at radius 2 is 1.61 bits per heavy atom. The van der Waals surface area contributed by atoms with Crippen LogP contribution in [0, 0.1) is 24.5 Å². The molecule has 0 unspecified atom stereocenters. The Balaban J connectivity index is 0.791. The molecule has 17 heteroatoms. The van der Waals surface area contributed by atoms with Gasteiger partial charge >= 0.3 is 17.8 Å². The van der Waals surface area contributed by atoms with E-state index in [1.54, 1.807) is 24.3 Å². The first-order valence-electron chi connectivity index (χ1n) is 21.0. The van der Waals surface area contributed by atoms with Crippen LogP contribution >= 0.6 is 0 Å². The van der Waals surface area contributed by atoms with E-state index in [1.807, 2.05) is 39.8 Å². The highest BCUT2D eigenvalue weighted by molar-refractivity contribution is 6.05. The van der Waals surface area contributed by atoms with E-state index in [9.17, 15) is 14.4 Å². The third-order valence-corrected chi connectivity index (χ3v) is 11.7. The minimum Gasteiger partial charge on any atom is -0.369 e. The lowest BCUT2D eigenvalue weighted by Gasteiger charge is -2.40. The maximum Gasteiger partial charge on any atom is 0.328 e. The molecule has 0 spiro atoms. The van der Waals surface area contributed by atoms with Gasteiger partial charge in [0.05, 0.1) is 11.4 Å². The molecule has 8 rings (SSSR count). The third kappa shape index (κ3) is 9.67. The molecule has 0 atom stereocenters. The summed E-state index contributed by atoms with van der Waals surface area (Å²) >= 11 is 0. The summed E-state index contributed by atoms with van der Waals surface area (Å²) < 4.78 is 35.9. The van der Waals surface area contributed by atoms with Gasteiger partial charge in [-0.05, 0) is 91.4 Å². The predicted octanol–water partition coefficient (Wildman–Crippen LogP) is 6.57. The molecule has 3 aliphatic heterocycles. The molecule has 15 nitrogen and oxygen atoms in total. The van der Waals surface area contributed by atoms with Crippen molar-refractivity contribution in [1.29, 1.82) is 0 Å². The average Bonchev–Trinajstić information content (AvgIpc) is 3.77. The average molecular weight is 848 g/mol. The third-order valence-electron chi connectivity index (χ3n) is 11.7. The number of piperidine rings is 1. The van der Waals surface area contributed by atoms with Crippen molar-refractivity contribution in [2.45, 2.75) is 58.9 Å². The lowest BCUT2D eigenvalue weighted by Crippen LogP contribution is -2.49. The Morgan fingerprint density at radius 1 is 0.871 bits per heavy atom. The maximum atomic E-state index is 15.5. The Labute approximate surface area is 358 Å². The fraction of sp³-hybridized carbons (Fsp3) is 0.400. The minimum atomic E-state index is -0.533. The zero-order valence-electron chi connectivity index (χ0n) is 35.4. The maximum absolute atomic E-state index is 15.5. The van der Waals surface area contributed by atoms with E-state index >= 15 is 8.78 Å². The monoisotopic (exact) mass is 847 g/mol. The lowest BCUT2D eigenvalue weighted by atomic mass is 9.95. The Kier molecular flexibility index (Phi) is 12.2. The summed E-state index contributed by atoms with van der Waals surface area (Å²) in [5, 5.41) is 12.2. The van der Waals surface area contributed by atoms with Gasteiger partial charge in [-0.2, -0.15) is 4.98 Å². The van der Waals surface area contributed by atoms with Crippen molar-refractivity contribution >= 4 is 46.4 Å². The number of piperazine rings is 1. The quantitative estimate of drug-likeness (QED) is 0.131. The lowest BCUT2D eigenvalue weighted by molar-refractivity contribution is -0.120. The second-order valence-corrected chi connectivity index (χ2v) is 17.2. The molecule has 2 aromatic heterocycles. The van der Waals surface area contributed by atoms with Crippen molar-refractivity contribution in [3.63, 3.8) is 0 Å². The highest BCUT2D eigenvalue weighted by Gasteiger charge is 2.28. The number of anilines is 5. The number of hydrogen-bond donors (Lipinski definition) is 3. The molecule has 3 aromatic carbocycles. The zero-order chi connectivity index (χ0) is 43.5. The van der Waals surface area contributed by atoms with E-state index in [2.05, 4.69) is 62.9 Å². The predicted molar refractivity (Wildman–Crippen MR) is 232 cm³/mol. The van der Waals surface area contributed by atoms with Crippen LogP contribution < -0.4 is 30.7 Å². The molecular weight excluding hydrogens is 797 g/mol. The van der Waals surface area contributed by atoms with Crippen LogP contribution in [0.4, 0.5) is 42.1 Å². The van der Waals surface area contributed by atoms with Crippen LogP contribution in [-0.4, -0.2) is 95.2 Å². The first-order valence-corrected chi connectivity index (χ1v) is 21.0. The van der Waals surface area contributed by atoms with E-state index in [0.717, 1.165) is 75.6 Å². The van der Waals surface area contributed by atoms with E-state index in [-0.39, 0.29) is 42.5 Å². The minimum absolute atomic E-state index is 0.0797. The van der Waals surface area contributed by atoms with Crippen LogP contribution in [0.15, 0.2) is 71.5 Å². The van der Waals surface area contributed by atoms with Gasteiger partial charge in [0, 0.05) is 99.4 Å². The standard InChI is InChI=1S/C45H51F2N11O4/c1-28-21-34(35(46)22-30(28)25-48-41(60)42-53-43(54-62-42)45(2,3)4)37-24-39(50-27-49-37)51-31-5-7-32(8-6-31)56-19-17-55(18-20-56)26-29-11-14-57(15-12-29)38-10-9-33(23-36(38)47)58-16-13-40(59)52-44(58)61/h5-10,21-24,27,29H,11-20,25-26H2,1-4H3,(H,48,60)(H,49,50,51)(H,52,59,61). The summed E-state index contributed by atoms with van der Waals surface area (Å²) in [4.78, 5) is 57.7. The molecule has 3 aliphatic rings. The number of carbonyl (C=O) groups excluding carboxylic acids is 3. The van der Waals surface area contributed by atoms with Gasteiger partial charge in [-0.25, -0.2) is 23.5 Å². The summed E-state index contributed by atoms with van der Waals surface area (Å²) in [6.45, 7) is 14.2. The van der Waals surface area contributed by atoms with Gasteiger partial charge in [0.2, 0.25) is 5.91 Å². The van der Waals surface area contributed by atoms with Crippen LogP contribution in [0.2, 0.25) is 0 Å². The molecule has 4 amide bonds. The van der Waals surface area contributed by atoms with Crippen LogP contribution in [0.5, 0.6) is 0 Å². The van der Waals surface area contributed by atoms with Gasteiger partial charge in [-0.15, -0.1) is 0 Å². The largest absolute Gasteiger partial charge is 0.369 e. The number of carbonyl (C=O) groups is 3. The SMILES string of the molecule is Cc1cc(-c2cc(Nc3ccc(N4CCN(CC5CCN(c6ccc(N7CCC(=O)NC7=O)cc6F)CC5)CC4)cc3)ncn2)c(F)cc1CNC(=O)c1nc(C(C)(C)C)no1. The number of benzene rings is 3. The highest BCUT2D eigenvalue weighted by atomic mass is 19.1. The summed E-state index contributed by atoms with van der Waals surface area (Å²) in [5.74, 6) is -0.348. The second kappa shape index (κ2) is 17.8. The van der Waals surface area contributed by atoms with Crippen LogP contribution in [0.3, 0.4) is 0 Å².